The quantitative estimate of drug-likeness (QED) is 0.166. The number of anilines is 2. The zero-order valence-electron chi connectivity index (χ0n) is 22.3. The van der Waals surface area contributed by atoms with Crippen molar-refractivity contribution in [3.63, 3.8) is 0 Å². The Bertz CT molecular complexity index is 1130. The van der Waals surface area contributed by atoms with E-state index in [4.69, 9.17) is 25.7 Å². The number of morpholine rings is 1. The topological polar surface area (TPSA) is 120 Å². The maximum atomic E-state index is 14.6. The van der Waals surface area contributed by atoms with Crippen LogP contribution in [0.1, 0.15) is 24.5 Å². The van der Waals surface area contributed by atoms with Crippen molar-refractivity contribution in [3.05, 3.63) is 83.4 Å². The Hall–Kier alpha value is -3.60. The van der Waals surface area contributed by atoms with Gasteiger partial charge in [-0.15, -0.1) is 0 Å². The highest BCUT2D eigenvalue weighted by molar-refractivity contribution is 5.69. The number of nitrogens with one attached hydrogen (secondary N) is 2. The molecule has 2 aromatic rings. The lowest BCUT2D eigenvalue weighted by Crippen LogP contribution is -2.37. The smallest absolute Gasteiger partial charge is 0.208 e. The minimum Gasteiger partial charge on any atom is -0.475 e. The molecule has 0 atom stereocenters. The lowest BCUT2D eigenvalue weighted by Gasteiger charge is -2.26. The molecular formula is C28H39FN6O3. The summed E-state index contributed by atoms with van der Waals surface area (Å²) in [5, 5.41) is 6.49. The summed E-state index contributed by atoms with van der Waals surface area (Å²) < 4.78 is 30.6. The molecule has 9 nitrogen and oxygen atoms in total. The Kier molecular flexibility index (Phi) is 11.4. The number of ether oxygens (including phenoxy) is 3. The molecule has 1 saturated heterocycles. The van der Waals surface area contributed by atoms with Gasteiger partial charge in [0, 0.05) is 61.7 Å². The monoisotopic (exact) mass is 526 g/mol. The van der Waals surface area contributed by atoms with Gasteiger partial charge in [0.15, 0.2) is 0 Å². The molecule has 1 aromatic carbocycles. The molecule has 0 amide bonds. The highest BCUT2D eigenvalue weighted by atomic mass is 19.1. The molecule has 0 bridgehead atoms. The third-order valence-electron chi connectivity index (χ3n) is 6.04. The number of halogens is 1. The first-order valence-corrected chi connectivity index (χ1v) is 12.7. The van der Waals surface area contributed by atoms with Crippen molar-refractivity contribution >= 4 is 17.2 Å². The van der Waals surface area contributed by atoms with Crippen LogP contribution in [-0.2, 0) is 20.6 Å². The van der Waals surface area contributed by atoms with Crippen LogP contribution >= 0.6 is 0 Å². The summed E-state index contributed by atoms with van der Waals surface area (Å²) in [6, 6.07) is 8.50. The van der Waals surface area contributed by atoms with Crippen LogP contribution in [0.15, 0.2) is 66.5 Å². The van der Waals surface area contributed by atoms with Gasteiger partial charge in [-0.3, -0.25) is 4.90 Å². The number of hydrogen-bond acceptors (Lipinski definition) is 9. The SMILES string of the molecule is C=C(CCN1CCOCC1)Nc1cc(NC(/C=C(\N)c2cc(CC)ccc2F)=C(/N)OCCOC)ccn1. The van der Waals surface area contributed by atoms with Gasteiger partial charge in [0.25, 0.3) is 0 Å². The first-order chi connectivity index (χ1) is 18.4. The Morgan fingerprint density at radius 1 is 1.18 bits per heavy atom. The molecule has 0 spiro atoms. The predicted octanol–water partition coefficient (Wildman–Crippen LogP) is 3.63. The minimum absolute atomic E-state index is 0.0956. The molecule has 1 aliphatic rings. The summed E-state index contributed by atoms with van der Waals surface area (Å²) in [4.78, 5) is 6.74. The van der Waals surface area contributed by atoms with Crippen molar-refractivity contribution in [2.24, 2.45) is 11.5 Å². The van der Waals surface area contributed by atoms with E-state index >= 15 is 0 Å². The first kappa shape index (κ1) is 29.0. The molecular weight excluding hydrogens is 487 g/mol. The van der Waals surface area contributed by atoms with E-state index in [2.05, 4.69) is 27.1 Å². The van der Waals surface area contributed by atoms with Crippen molar-refractivity contribution in [3.8, 4) is 0 Å². The first-order valence-electron chi connectivity index (χ1n) is 12.7. The van der Waals surface area contributed by atoms with E-state index in [-0.39, 0.29) is 18.2 Å². The van der Waals surface area contributed by atoms with Crippen molar-refractivity contribution in [1.29, 1.82) is 0 Å². The van der Waals surface area contributed by atoms with Gasteiger partial charge in [-0.1, -0.05) is 19.6 Å². The number of nitrogens with zero attached hydrogens (tertiary/aromatic N) is 2. The lowest BCUT2D eigenvalue weighted by molar-refractivity contribution is 0.0385. The number of rotatable bonds is 14. The number of aromatic nitrogens is 1. The second-order valence-electron chi connectivity index (χ2n) is 8.87. The maximum Gasteiger partial charge on any atom is 0.208 e. The standard InChI is InChI=1S/C28H39FN6O3/c1-4-21-5-6-24(29)23(17-21)25(30)19-26(28(31)38-16-15-36-3)34-22-7-9-32-27(18-22)33-20(2)8-10-35-11-13-37-14-12-35/h5-7,9,17-19H,2,4,8,10-16,30-31H2,1,3H3,(H2,32,33,34)/b25-19-,28-26-. The minimum atomic E-state index is -0.417. The number of nitrogens with two attached hydrogens (primary N) is 2. The van der Waals surface area contributed by atoms with Gasteiger partial charge in [0.2, 0.25) is 5.88 Å². The van der Waals surface area contributed by atoms with Crippen molar-refractivity contribution in [2.75, 3.05) is 63.8 Å². The summed E-state index contributed by atoms with van der Waals surface area (Å²) in [5.41, 5.74) is 16.0. The van der Waals surface area contributed by atoms with Gasteiger partial charge in [0.05, 0.1) is 19.8 Å². The van der Waals surface area contributed by atoms with Gasteiger partial charge in [-0.2, -0.15) is 0 Å². The summed E-state index contributed by atoms with van der Waals surface area (Å²) >= 11 is 0. The number of benzene rings is 1. The lowest BCUT2D eigenvalue weighted by atomic mass is 10.1. The molecule has 2 heterocycles. The van der Waals surface area contributed by atoms with Crippen LogP contribution in [0.2, 0.25) is 0 Å². The highest BCUT2D eigenvalue weighted by Gasteiger charge is 2.12. The van der Waals surface area contributed by atoms with Crippen LogP contribution in [0.5, 0.6) is 0 Å². The molecule has 206 valence electrons. The summed E-state index contributed by atoms with van der Waals surface area (Å²) in [6.07, 6.45) is 4.77. The molecule has 0 radical (unpaired) electrons. The summed E-state index contributed by atoms with van der Waals surface area (Å²) in [6.45, 7) is 11.0. The predicted molar refractivity (Wildman–Crippen MR) is 149 cm³/mol. The van der Waals surface area contributed by atoms with E-state index in [1.165, 1.54) is 6.07 Å². The van der Waals surface area contributed by atoms with E-state index in [1.807, 2.05) is 13.0 Å². The fourth-order valence-corrected chi connectivity index (χ4v) is 3.82. The zero-order chi connectivity index (χ0) is 27.3. The second-order valence-corrected chi connectivity index (χ2v) is 8.87. The molecule has 0 unspecified atom stereocenters. The van der Waals surface area contributed by atoms with E-state index in [1.54, 1.807) is 37.6 Å². The number of methoxy groups -OCH3 is 1. The number of allylic oxidation sites excluding steroid dienone is 1. The Balaban J connectivity index is 1.76. The molecule has 0 saturated carbocycles. The Labute approximate surface area is 224 Å². The number of aryl methyl sites for hydroxylation is 1. The molecule has 3 rings (SSSR count). The van der Waals surface area contributed by atoms with Crippen LogP contribution < -0.4 is 22.1 Å². The van der Waals surface area contributed by atoms with Gasteiger partial charge in [-0.05, 0) is 42.7 Å². The molecule has 1 aliphatic heterocycles. The number of pyridine rings is 1. The summed E-state index contributed by atoms with van der Waals surface area (Å²) in [7, 11) is 1.57. The highest BCUT2D eigenvalue weighted by Crippen LogP contribution is 2.22. The molecule has 1 fully saturated rings. The molecule has 1 aromatic heterocycles. The second kappa shape index (κ2) is 15.0. The molecule has 38 heavy (non-hydrogen) atoms. The maximum absolute atomic E-state index is 14.6. The molecule has 10 heteroatoms. The van der Waals surface area contributed by atoms with E-state index in [9.17, 15) is 4.39 Å². The van der Waals surface area contributed by atoms with Crippen molar-refractivity contribution in [2.45, 2.75) is 19.8 Å². The summed E-state index contributed by atoms with van der Waals surface area (Å²) in [5.74, 6) is 0.303. The fourth-order valence-electron chi connectivity index (χ4n) is 3.82. The normalized spacial score (nSPS) is 15.1. The number of hydrogen-bond donors (Lipinski definition) is 4. The molecule has 0 aliphatic carbocycles. The Morgan fingerprint density at radius 3 is 2.71 bits per heavy atom. The fraction of sp³-hybridized carbons (Fsp3) is 0.393. The molecule has 6 N–H and O–H groups in total. The van der Waals surface area contributed by atoms with Crippen LogP contribution in [0.3, 0.4) is 0 Å². The van der Waals surface area contributed by atoms with Gasteiger partial charge < -0.3 is 36.3 Å². The van der Waals surface area contributed by atoms with E-state index in [0.29, 0.717) is 29.4 Å². The van der Waals surface area contributed by atoms with Gasteiger partial charge in [-0.25, -0.2) is 9.37 Å². The van der Waals surface area contributed by atoms with Gasteiger partial charge in [0.1, 0.15) is 23.9 Å². The van der Waals surface area contributed by atoms with E-state index in [0.717, 1.165) is 57.0 Å². The third-order valence-corrected chi connectivity index (χ3v) is 6.04. The zero-order valence-corrected chi connectivity index (χ0v) is 22.3. The Morgan fingerprint density at radius 2 is 1.97 bits per heavy atom. The third kappa shape index (κ3) is 9.05. The van der Waals surface area contributed by atoms with Crippen LogP contribution in [0.25, 0.3) is 5.70 Å². The largest absolute Gasteiger partial charge is 0.475 e. The van der Waals surface area contributed by atoms with Crippen LogP contribution in [-0.4, -0.2) is 63.1 Å². The average Bonchev–Trinajstić information content (AvgIpc) is 2.92. The van der Waals surface area contributed by atoms with Crippen molar-refractivity contribution in [1.82, 2.24) is 9.88 Å². The van der Waals surface area contributed by atoms with Crippen LogP contribution in [0, 0.1) is 5.82 Å². The van der Waals surface area contributed by atoms with Crippen molar-refractivity contribution < 1.29 is 18.6 Å². The average molecular weight is 527 g/mol. The van der Waals surface area contributed by atoms with Gasteiger partial charge >= 0.3 is 0 Å². The van der Waals surface area contributed by atoms with E-state index < -0.39 is 5.82 Å². The van der Waals surface area contributed by atoms with Crippen LogP contribution in [0.4, 0.5) is 15.9 Å².